The van der Waals surface area contributed by atoms with E-state index in [1.807, 2.05) is 30.3 Å². The number of benzene rings is 1. The van der Waals surface area contributed by atoms with Crippen molar-refractivity contribution >= 4 is 33.8 Å². The van der Waals surface area contributed by atoms with E-state index in [9.17, 15) is 0 Å². The Kier molecular flexibility index (Phi) is 3.45. The molecule has 0 bridgehead atoms. The van der Waals surface area contributed by atoms with Crippen molar-refractivity contribution < 1.29 is 0 Å². The van der Waals surface area contributed by atoms with Gasteiger partial charge in [0.1, 0.15) is 11.6 Å². The normalized spacial score (nSPS) is 11.3. The van der Waals surface area contributed by atoms with Crippen LogP contribution in [0.3, 0.4) is 0 Å². The van der Waals surface area contributed by atoms with E-state index in [0.717, 1.165) is 16.6 Å². The number of pyridine rings is 1. The molecule has 0 saturated heterocycles. The van der Waals surface area contributed by atoms with Crippen LogP contribution in [0.5, 0.6) is 0 Å². The highest BCUT2D eigenvalue weighted by molar-refractivity contribution is 6.31. The van der Waals surface area contributed by atoms with Gasteiger partial charge in [0.05, 0.1) is 16.2 Å². The van der Waals surface area contributed by atoms with Gasteiger partial charge < -0.3 is 5.32 Å². The van der Waals surface area contributed by atoms with Gasteiger partial charge in [-0.2, -0.15) is 10.5 Å². The van der Waals surface area contributed by atoms with Crippen molar-refractivity contribution in [2.24, 2.45) is 0 Å². The van der Waals surface area contributed by atoms with Crippen LogP contribution in [0.1, 0.15) is 5.82 Å². The van der Waals surface area contributed by atoms with E-state index < -0.39 is 0 Å². The summed E-state index contributed by atoms with van der Waals surface area (Å²) in [5.74, 6) is 0.223. The van der Waals surface area contributed by atoms with Gasteiger partial charge >= 0.3 is 0 Å². The third kappa shape index (κ3) is 2.66. The number of H-pyrrole nitrogens is 1. The van der Waals surface area contributed by atoms with E-state index in [1.54, 1.807) is 6.20 Å². The van der Waals surface area contributed by atoms with Gasteiger partial charge in [-0.3, -0.25) is 4.98 Å². The minimum absolute atomic E-state index is 0.223. The molecule has 2 heterocycles. The van der Waals surface area contributed by atoms with Crippen molar-refractivity contribution in [3.63, 3.8) is 0 Å². The summed E-state index contributed by atoms with van der Waals surface area (Å²) in [6.45, 7) is 0. The van der Waals surface area contributed by atoms with Crippen LogP contribution >= 0.6 is 11.6 Å². The molecule has 7 nitrogen and oxygen atoms in total. The number of fused-ring (bicyclic) bond motifs is 1. The second-order valence-corrected chi connectivity index (χ2v) is 4.52. The predicted molar refractivity (Wildman–Crippen MR) is 78.1 cm³/mol. The number of allylic oxidation sites excluding steroid dienone is 1. The molecule has 0 aliphatic heterocycles. The molecular formula is C13H8ClN7. The largest absolute Gasteiger partial charge is 0.359 e. The molecule has 0 atom stereocenters. The summed E-state index contributed by atoms with van der Waals surface area (Å²) in [4.78, 5) is 4.29. The van der Waals surface area contributed by atoms with Gasteiger partial charge in [-0.1, -0.05) is 23.7 Å². The lowest BCUT2D eigenvalue weighted by atomic mass is 10.2. The van der Waals surface area contributed by atoms with Crippen LogP contribution in [0.15, 0.2) is 36.7 Å². The first kappa shape index (κ1) is 13.0. The zero-order chi connectivity index (χ0) is 14.7. The fourth-order valence-corrected chi connectivity index (χ4v) is 1.99. The standard InChI is InChI=1S/C13H8ClN7/c14-10-4-8-2-1-3-11(12(8)17-7-10)16-6-9(5-15)13-18-20-21-19-13/h1-4,6-7,16H,(H,18,19,20,21). The topological polar surface area (TPSA) is 103 Å². The molecule has 0 aliphatic carbocycles. The Hall–Kier alpha value is -2.98. The highest BCUT2D eigenvalue weighted by atomic mass is 35.5. The first-order valence-electron chi connectivity index (χ1n) is 5.93. The lowest BCUT2D eigenvalue weighted by Crippen LogP contribution is -1.94. The molecule has 3 aromatic rings. The number of rotatable bonds is 3. The Balaban J connectivity index is 1.97. The molecule has 8 heteroatoms. The van der Waals surface area contributed by atoms with Gasteiger partial charge in [0.15, 0.2) is 0 Å². The number of halogens is 1. The fourth-order valence-electron chi connectivity index (χ4n) is 1.82. The smallest absolute Gasteiger partial charge is 0.216 e. The highest BCUT2D eigenvalue weighted by Crippen LogP contribution is 2.24. The molecule has 1 aromatic carbocycles. The number of nitriles is 1. The minimum Gasteiger partial charge on any atom is -0.359 e. The average Bonchev–Trinajstić information content (AvgIpc) is 3.02. The van der Waals surface area contributed by atoms with Crippen molar-refractivity contribution in [1.82, 2.24) is 25.6 Å². The average molecular weight is 298 g/mol. The van der Waals surface area contributed by atoms with Gasteiger partial charge in [0, 0.05) is 17.8 Å². The first-order valence-corrected chi connectivity index (χ1v) is 6.30. The molecule has 0 saturated carbocycles. The third-order valence-electron chi connectivity index (χ3n) is 2.76. The second-order valence-electron chi connectivity index (χ2n) is 4.08. The summed E-state index contributed by atoms with van der Waals surface area (Å²) in [6, 6.07) is 9.46. The quantitative estimate of drug-likeness (QED) is 0.719. The van der Waals surface area contributed by atoms with Crippen LogP contribution in [-0.2, 0) is 0 Å². The Morgan fingerprint density at radius 3 is 3.10 bits per heavy atom. The molecular weight excluding hydrogens is 290 g/mol. The Labute approximate surface area is 124 Å². The zero-order valence-electron chi connectivity index (χ0n) is 10.6. The number of aromatic amines is 1. The van der Waals surface area contributed by atoms with Gasteiger partial charge in [0.25, 0.3) is 0 Å². The molecule has 0 amide bonds. The summed E-state index contributed by atoms with van der Waals surface area (Å²) in [6.07, 6.45) is 3.08. The monoisotopic (exact) mass is 297 g/mol. The number of aromatic nitrogens is 5. The molecule has 3 rings (SSSR count). The molecule has 0 radical (unpaired) electrons. The van der Waals surface area contributed by atoms with Crippen molar-refractivity contribution in [3.8, 4) is 6.07 Å². The highest BCUT2D eigenvalue weighted by Gasteiger charge is 2.06. The summed E-state index contributed by atoms with van der Waals surface area (Å²) in [7, 11) is 0. The maximum atomic E-state index is 9.11. The number of nitrogens with one attached hydrogen (secondary N) is 2. The Bertz CT molecular complexity index is 849. The van der Waals surface area contributed by atoms with Crippen LogP contribution in [0.25, 0.3) is 16.5 Å². The number of hydrogen-bond donors (Lipinski definition) is 2. The molecule has 0 fully saturated rings. The van der Waals surface area contributed by atoms with Gasteiger partial charge in [-0.15, -0.1) is 10.2 Å². The number of tetrazole rings is 1. The van der Waals surface area contributed by atoms with Crippen molar-refractivity contribution in [2.45, 2.75) is 0 Å². The third-order valence-corrected chi connectivity index (χ3v) is 2.96. The predicted octanol–water partition coefficient (Wildman–Crippen LogP) is 2.38. The van der Waals surface area contributed by atoms with Crippen LogP contribution in [0.2, 0.25) is 5.02 Å². The Morgan fingerprint density at radius 2 is 2.33 bits per heavy atom. The number of nitrogens with zero attached hydrogens (tertiary/aromatic N) is 5. The van der Waals surface area contributed by atoms with Crippen LogP contribution in [0, 0.1) is 11.3 Å². The lowest BCUT2D eigenvalue weighted by Gasteiger charge is -2.05. The van der Waals surface area contributed by atoms with E-state index in [0.29, 0.717) is 5.02 Å². The molecule has 2 N–H and O–H groups in total. The van der Waals surface area contributed by atoms with Gasteiger partial charge in [-0.05, 0) is 17.3 Å². The zero-order valence-corrected chi connectivity index (χ0v) is 11.3. The molecule has 0 unspecified atom stereocenters. The van der Waals surface area contributed by atoms with Crippen LogP contribution in [-0.4, -0.2) is 25.6 Å². The molecule has 2 aromatic heterocycles. The van der Waals surface area contributed by atoms with Gasteiger partial charge in [-0.25, -0.2) is 0 Å². The van der Waals surface area contributed by atoms with E-state index in [2.05, 4.69) is 30.9 Å². The molecule has 102 valence electrons. The maximum Gasteiger partial charge on any atom is 0.216 e. The lowest BCUT2D eigenvalue weighted by molar-refractivity contribution is 0.881. The minimum atomic E-state index is 0.223. The summed E-state index contributed by atoms with van der Waals surface area (Å²) >= 11 is 5.92. The van der Waals surface area contributed by atoms with Crippen molar-refractivity contribution in [3.05, 3.63) is 47.5 Å². The van der Waals surface area contributed by atoms with Gasteiger partial charge in [0.2, 0.25) is 5.82 Å². The second kappa shape index (κ2) is 5.56. The molecule has 0 spiro atoms. The molecule has 21 heavy (non-hydrogen) atoms. The van der Waals surface area contributed by atoms with Crippen LogP contribution in [0.4, 0.5) is 5.69 Å². The molecule has 0 aliphatic rings. The summed E-state index contributed by atoms with van der Waals surface area (Å²) in [5.41, 5.74) is 1.76. The van der Waals surface area contributed by atoms with Crippen molar-refractivity contribution in [2.75, 3.05) is 5.32 Å². The van der Waals surface area contributed by atoms with E-state index >= 15 is 0 Å². The number of anilines is 1. The van der Waals surface area contributed by atoms with E-state index in [1.165, 1.54) is 6.20 Å². The Morgan fingerprint density at radius 1 is 1.43 bits per heavy atom. The number of hydrogen-bond acceptors (Lipinski definition) is 6. The van der Waals surface area contributed by atoms with Crippen LogP contribution < -0.4 is 5.32 Å². The summed E-state index contributed by atoms with van der Waals surface area (Å²) < 4.78 is 0. The van der Waals surface area contributed by atoms with E-state index in [-0.39, 0.29) is 11.4 Å². The first-order chi connectivity index (χ1) is 10.3. The maximum absolute atomic E-state index is 9.11. The van der Waals surface area contributed by atoms with E-state index in [4.69, 9.17) is 16.9 Å². The van der Waals surface area contributed by atoms with Crippen molar-refractivity contribution in [1.29, 1.82) is 5.26 Å². The SMILES string of the molecule is N#CC(=CNc1cccc2cc(Cl)cnc12)c1nn[nH]n1. The number of para-hydroxylation sites is 1. The fraction of sp³-hybridized carbons (Fsp3) is 0. The summed E-state index contributed by atoms with van der Waals surface area (Å²) in [5, 5.41) is 26.9.